The van der Waals surface area contributed by atoms with Crippen LogP contribution in [0.5, 0.6) is 0 Å². The average Bonchev–Trinajstić information content (AvgIpc) is 2.43. The molecular weight excluding hydrogens is 250 g/mol. The highest BCUT2D eigenvalue weighted by atomic mass is 16.2. The number of piperidine rings is 1. The van der Waals surface area contributed by atoms with Crippen molar-refractivity contribution in [2.75, 3.05) is 0 Å². The van der Waals surface area contributed by atoms with Gasteiger partial charge in [0.15, 0.2) is 0 Å². The van der Waals surface area contributed by atoms with Crippen molar-refractivity contribution >= 4 is 11.8 Å². The molecule has 1 aliphatic heterocycles. The Morgan fingerprint density at radius 3 is 2.40 bits per heavy atom. The third-order valence-corrected chi connectivity index (χ3v) is 5.05. The summed E-state index contributed by atoms with van der Waals surface area (Å²) in [6.45, 7) is 2.26. The van der Waals surface area contributed by atoms with Crippen molar-refractivity contribution in [3.63, 3.8) is 0 Å². The van der Waals surface area contributed by atoms with Crippen molar-refractivity contribution in [2.45, 2.75) is 44.9 Å². The van der Waals surface area contributed by atoms with Gasteiger partial charge in [-0.2, -0.15) is 0 Å². The first kappa shape index (κ1) is 13.3. The van der Waals surface area contributed by atoms with Gasteiger partial charge in [-0.25, -0.2) is 0 Å². The highest BCUT2D eigenvalue weighted by molar-refractivity contribution is 6.02. The summed E-state index contributed by atoms with van der Waals surface area (Å²) in [5.74, 6) is 0.324. The molecule has 2 aliphatic rings. The highest BCUT2D eigenvalue weighted by Gasteiger charge is 2.49. The molecule has 106 valence electrons. The predicted octanol–water partition coefficient (Wildman–Crippen LogP) is 3.01. The van der Waals surface area contributed by atoms with E-state index in [1.54, 1.807) is 0 Å². The van der Waals surface area contributed by atoms with Crippen molar-refractivity contribution in [3.8, 4) is 0 Å². The van der Waals surface area contributed by atoms with Crippen LogP contribution in [0.3, 0.4) is 0 Å². The lowest BCUT2D eigenvalue weighted by molar-refractivity contribution is -0.141. The average molecular weight is 271 g/mol. The molecule has 1 atom stereocenters. The predicted molar refractivity (Wildman–Crippen MR) is 77.0 cm³/mol. The van der Waals surface area contributed by atoms with E-state index in [4.69, 9.17) is 0 Å². The summed E-state index contributed by atoms with van der Waals surface area (Å²) in [7, 11) is 0. The maximum absolute atomic E-state index is 12.4. The van der Waals surface area contributed by atoms with E-state index in [0.717, 1.165) is 31.2 Å². The van der Waals surface area contributed by atoms with Crippen molar-refractivity contribution in [1.82, 2.24) is 5.32 Å². The molecule has 1 heterocycles. The minimum absolute atomic E-state index is 0.100. The van der Waals surface area contributed by atoms with Crippen LogP contribution in [0.1, 0.15) is 50.5 Å². The van der Waals surface area contributed by atoms with Gasteiger partial charge in [0, 0.05) is 6.42 Å². The van der Waals surface area contributed by atoms with E-state index in [9.17, 15) is 9.59 Å². The molecule has 2 amide bonds. The Balaban J connectivity index is 1.99. The molecule has 1 aromatic carbocycles. The lowest BCUT2D eigenvalue weighted by Gasteiger charge is -2.46. The highest BCUT2D eigenvalue weighted by Crippen LogP contribution is 2.52. The van der Waals surface area contributed by atoms with E-state index in [2.05, 4.69) is 12.2 Å². The first-order valence-electron chi connectivity index (χ1n) is 7.49. The molecule has 0 radical (unpaired) electrons. The Kier molecular flexibility index (Phi) is 3.36. The van der Waals surface area contributed by atoms with Gasteiger partial charge < -0.3 is 0 Å². The lowest BCUT2D eigenvalue weighted by atomic mass is 9.59. The largest absolute Gasteiger partial charge is 0.296 e. The van der Waals surface area contributed by atoms with Crippen molar-refractivity contribution in [1.29, 1.82) is 0 Å². The number of carbonyl (C=O) groups excluding carboxylic acids is 2. The summed E-state index contributed by atoms with van der Waals surface area (Å²) in [6.07, 6.45) is 4.68. The first-order chi connectivity index (χ1) is 9.61. The number of benzene rings is 1. The van der Waals surface area contributed by atoms with Crippen LogP contribution in [0, 0.1) is 11.3 Å². The molecular formula is C17H21NO2. The second kappa shape index (κ2) is 5.04. The van der Waals surface area contributed by atoms with Crippen LogP contribution in [-0.2, 0) is 9.59 Å². The Hall–Kier alpha value is -1.64. The van der Waals surface area contributed by atoms with Gasteiger partial charge in [0.25, 0.3) is 0 Å². The number of hydrogen-bond donors (Lipinski definition) is 1. The van der Waals surface area contributed by atoms with Crippen molar-refractivity contribution in [2.24, 2.45) is 11.3 Å². The van der Waals surface area contributed by atoms with Gasteiger partial charge in [0.05, 0.1) is 5.92 Å². The maximum Gasteiger partial charge on any atom is 0.234 e. The summed E-state index contributed by atoms with van der Waals surface area (Å²) in [5, 5.41) is 2.53. The maximum atomic E-state index is 12.4. The number of rotatable bonds is 1. The molecule has 1 aliphatic carbocycles. The van der Waals surface area contributed by atoms with Crippen LogP contribution in [0.25, 0.3) is 0 Å². The van der Waals surface area contributed by atoms with E-state index in [-0.39, 0.29) is 23.1 Å². The number of nitrogens with one attached hydrogen (secondary N) is 1. The van der Waals surface area contributed by atoms with E-state index in [1.165, 1.54) is 0 Å². The minimum atomic E-state index is -0.172. The smallest absolute Gasteiger partial charge is 0.234 e. The first-order valence-corrected chi connectivity index (χ1v) is 7.49. The lowest BCUT2D eigenvalue weighted by Crippen LogP contribution is -2.51. The van der Waals surface area contributed by atoms with Crippen molar-refractivity contribution < 1.29 is 9.59 Å². The monoisotopic (exact) mass is 271 g/mol. The fourth-order valence-electron chi connectivity index (χ4n) is 3.91. The summed E-state index contributed by atoms with van der Waals surface area (Å²) >= 11 is 0. The van der Waals surface area contributed by atoms with Gasteiger partial charge in [0.1, 0.15) is 0 Å². The summed E-state index contributed by atoms with van der Waals surface area (Å²) in [6, 6.07) is 9.93. The second-order valence-electron chi connectivity index (χ2n) is 6.48. The summed E-state index contributed by atoms with van der Waals surface area (Å²) in [4.78, 5) is 24.3. The zero-order valence-corrected chi connectivity index (χ0v) is 11.9. The van der Waals surface area contributed by atoms with Crippen LogP contribution in [0.2, 0.25) is 0 Å². The molecule has 1 aromatic rings. The van der Waals surface area contributed by atoms with Gasteiger partial charge in [-0.05, 0) is 29.7 Å². The molecule has 3 rings (SSSR count). The molecule has 3 nitrogen and oxygen atoms in total. The van der Waals surface area contributed by atoms with E-state index >= 15 is 0 Å². The zero-order chi connectivity index (χ0) is 14.2. The molecule has 0 bridgehead atoms. The third kappa shape index (κ3) is 2.26. The molecule has 3 heteroatoms. The van der Waals surface area contributed by atoms with Crippen LogP contribution < -0.4 is 5.32 Å². The van der Waals surface area contributed by atoms with Gasteiger partial charge in [-0.1, -0.05) is 50.1 Å². The Morgan fingerprint density at radius 2 is 1.75 bits per heavy atom. The third-order valence-electron chi connectivity index (χ3n) is 5.05. The number of hydrogen-bond acceptors (Lipinski definition) is 2. The van der Waals surface area contributed by atoms with Crippen LogP contribution >= 0.6 is 0 Å². The van der Waals surface area contributed by atoms with Gasteiger partial charge in [0.2, 0.25) is 11.8 Å². The molecule has 0 aromatic heterocycles. The number of amides is 2. The topological polar surface area (TPSA) is 46.2 Å². The molecule has 20 heavy (non-hydrogen) atoms. The zero-order valence-electron chi connectivity index (χ0n) is 11.9. The SMILES string of the molecule is CC1CCC2(CC1)CC(=O)NC(=O)C2c1ccccc1. The standard InChI is InChI=1S/C17H21NO2/c1-12-7-9-17(10-8-12)11-14(19)18-16(20)15(17)13-5-3-2-4-6-13/h2-6,12,15H,7-11H2,1H3,(H,18,19,20). The molecule has 1 saturated carbocycles. The van der Waals surface area contributed by atoms with Gasteiger partial charge in [-0.15, -0.1) is 0 Å². The van der Waals surface area contributed by atoms with Crippen LogP contribution in [-0.4, -0.2) is 11.8 Å². The van der Waals surface area contributed by atoms with Crippen LogP contribution in [0.4, 0.5) is 0 Å². The Labute approximate surface area is 119 Å². The summed E-state index contributed by atoms with van der Waals surface area (Å²) in [5.41, 5.74) is 0.889. The minimum Gasteiger partial charge on any atom is -0.296 e. The molecule has 1 saturated heterocycles. The van der Waals surface area contributed by atoms with Gasteiger partial charge >= 0.3 is 0 Å². The van der Waals surface area contributed by atoms with E-state index < -0.39 is 0 Å². The number of imide groups is 1. The quantitative estimate of drug-likeness (QED) is 0.798. The Morgan fingerprint density at radius 1 is 1.10 bits per heavy atom. The molecule has 1 spiro atoms. The Bertz CT molecular complexity index is 515. The van der Waals surface area contributed by atoms with Crippen LogP contribution in [0.15, 0.2) is 30.3 Å². The van der Waals surface area contributed by atoms with E-state index in [1.807, 2.05) is 30.3 Å². The summed E-state index contributed by atoms with van der Waals surface area (Å²) < 4.78 is 0. The number of carbonyl (C=O) groups is 2. The van der Waals surface area contributed by atoms with Gasteiger partial charge in [-0.3, -0.25) is 14.9 Å². The van der Waals surface area contributed by atoms with Crippen molar-refractivity contribution in [3.05, 3.63) is 35.9 Å². The van der Waals surface area contributed by atoms with E-state index in [0.29, 0.717) is 12.3 Å². The molecule has 2 fully saturated rings. The fourth-order valence-corrected chi connectivity index (χ4v) is 3.91. The fraction of sp³-hybridized carbons (Fsp3) is 0.529. The normalized spacial score (nSPS) is 34.0. The molecule has 1 unspecified atom stereocenters. The molecule has 1 N–H and O–H groups in total. The second-order valence-corrected chi connectivity index (χ2v) is 6.48.